The van der Waals surface area contributed by atoms with Crippen molar-refractivity contribution in [3.05, 3.63) is 90.5 Å². The highest BCUT2D eigenvalue weighted by Crippen LogP contribution is 2.29. The van der Waals surface area contributed by atoms with E-state index in [1.165, 1.54) is 0 Å². The Kier molecular flexibility index (Phi) is 5.25. The van der Waals surface area contributed by atoms with Crippen molar-refractivity contribution in [1.29, 1.82) is 0 Å². The minimum absolute atomic E-state index is 0.114. The van der Waals surface area contributed by atoms with Crippen LogP contribution in [0.3, 0.4) is 0 Å². The molecule has 3 rings (SSSR count). The van der Waals surface area contributed by atoms with E-state index < -0.39 is 0 Å². The van der Waals surface area contributed by atoms with Crippen LogP contribution in [0, 0.1) is 0 Å². The van der Waals surface area contributed by atoms with Crippen LogP contribution in [0.25, 0.3) is 11.1 Å². The molecule has 24 heavy (non-hydrogen) atoms. The normalized spacial score (nSPS) is 10.2. The first kappa shape index (κ1) is 15.8. The molecule has 0 spiro atoms. The summed E-state index contributed by atoms with van der Waals surface area (Å²) in [7, 11) is 0. The molecule has 3 heteroatoms. The lowest BCUT2D eigenvalue weighted by molar-refractivity contribution is -0.147. The van der Waals surface area contributed by atoms with Gasteiger partial charge in [0.25, 0.3) is 0 Å². The molecule has 0 unspecified atom stereocenters. The van der Waals surface area contributed by atoms with Gasteiger partial charge in [-0.1, -0.05) is 78.9 Å². The van der Waals surface area contributed by atoms with Gasteiger partial charge in [-0.2, -0.15) is 0 Å². The zero-order valence-corrected chi connectivity index (χ0v) is 13.2. The molecule has 0 bridgehead atoms. The Labute approximate surface area is 141 Å². The van der Waals surface area contributed by atoms with Gasteiger partial charge >= 0.3 is 5.97 Å². The predicted octanol–water partition coefficient (Wildman–Crippen LogP) is 4.48. The molecule has 3 aromatic carbocycles. The van der Waals surface area contributed by atoms with Crippen molar-refractivity contribution in [3.63, 3.8) is 0 Å². The second kappa shape index (κ2) is 7.97. The number of benzene rings is 3. The highest BCUT2D eigenvalue weighted by Gasteiger charge is 2.09. The standard InChI is InChI=1S/C21H18O3/c22-21(24-15-17-9-3-1-4-10-17)16-23-20-14-8-7-13-19(20)18-11-5-2-6-12-18/h1-14H,15-16H2. The van der Waals surface area contributed by atoms with Crippen LogP contribution in [0.5, 0.6) is 5.75 Å². The summed E-state index contributed by atoms with van der Waals surface area (Å²) in [5, 5.41) is 0. The Morgan fingerprint density at radius 2 is 1.38 bits per heavy atom. The molecule has 120 valence electrons. The summed E-state index contributed by atoms with van der Waals surface area (Å²) >= 11 is 0. The van der Waals surface area contributed by atoms with Crippen LogP contribution in [0.4, 0.5) is 0 Å². The molecule has 0 amide bonds. The van der Waals surface area contributed by atoms with E-state index in [1.807, 2.05) is 84.9 Å². The van der Waals surface area contributed by atoms with Crippen LogP contribution in [-0.2, 0) is 16.1 Å². The van der Waals surface area contributed by atoms with Gasteiger partial charge < -0.3 is 9.47 Å². The molecule has 0 saturated heterocycles. The van der Waals surface area contributed by atoms with E-state index in [2.05, 4.69) is 0 Å². The maximum absolute atomic E-state index is 11.9. The fraction of sp³-hybridized carbons (Fsp3) is 0.0952. The largest absolute Gasteiger partial charge is 0.481 e. The lowest BCUT2D eigenvalue weighted by Crippen LogP contribution is -2.15. The summed E-state index contributed by atoms with van der Waals surface area (Å²) in [6.07, 6.45) is 0. The smallest absolute Gasteiger partial charge is 0.344 e. The molecule has 0 aliphatic rings. The first-order chi connectivity index (χ1) is 11.8. The summed E-state index contributed by atoms with van der Waals surface area (Å²) < 4.78 is 10.9. The van der Waals surface area contributed by atoms with E-state index >= 15 is 0 Å². The van der Waals surface area contributed by atoms with Gasteiger partial charge in [-0.15, -0.1) is 0 Å². The predicted molar refractivity (Wildman–Crippen MR) is 93.6 cm³/mol. The zero-order valence-electron chi connectivity index (χ0n) is 13.2. The number of hydrogen-bond acceptors (Lipinski definition) is 3. The summed E-state index contributed by atoms with van der Waals surface area (Å²) in [6, 6.07) is 27.2. The van der Waals surface area contributed by atoms with Gasteiger partial charge in [-0.3, -0.25) is 0 Å². The second-order valence-electron chi connectivity index (χ2n) is 5.30. The van der Waals surface area contributed by atoms with Crippen LogP contribution >= 0.6 is 0 Å². The van der Waals surface area contributed by atoms with Crippen molar-refractivity contribution in [1.82, 2.24) is 0 Å². The molecule has 0 heterocycles. The molecule has 0 aliphatic carbocycles. The molecule has 3 aromatic rings. The van der Waals surface area contributed by atoms with Gasteiger partial charge in [-0.25, -0.2) is 4.79 Å². The number of carbonyl (C=O) groups excluding carboxylic acids is 1. The monoisotopic (exact) mass is 318 g/mol. The third-order valence-corrected chi connectivity index (χ3v) is 3.56. The van der Waals surface area contributed by atoms with E-state index in [0.717, 1.165) is 16.7 Å². The lowest BCUT2D eigenvalue weighted by atomic mass is 10.1. The molecule has 0 atom stereocenters. The fourth-order valence-electron chi connectivity index (χ4n) is 2.37. The highest BCUT2D eigenvalue weighted by atomic mass is 16.6. The second-order valence-corrected chi connectivity index (χ2v) is 5.30. The third kappa shape index (κ3) is 4.23. The van der Waals surface area contributed by atoms with Crippen LogP contribution in [0.15, 0.2) is 84.9 Å². The number of rotatable bonds is 6. The van der Waals surface area contributed by atoms with E-state index in [-0.39, 0.29) is 19.2 Å². The maximum Gasteiger partial charge on any atom is 0.344 e. The minimum atomic E-state index is -0.387. The van der Waals surface area contributed by atoms with Gasteiger partial charge in [0.05, 0.1) is 0 Å². The Bertz CT molecular complexity index is 782. The van der Waals surface area contributed by atoms with Crippen molar-refractivity contribution >= 4 is 5.97 Å². The third-order valence-electron chi connectivity index (χ3n) is 3.56. The van der Waals surface area contributed by atoms with Crippen LogP contribution < -0.4 is 4.74 Å². The van der Waals surface area contributed by atoms with Gasteiger partial charge in [0.15, 0.2) is 6.61 Å². The van der Waals surface area contributed by atoms with Crippen LogP contribution in [-0.4, -0.2) is 12.6 Å². The highest BCUT2D eigenvalue weighted by molar-refractivity contribution is 5.73. The van der Waals surface area contributed by atoms with Gasteiger partial charge in [0.1, 0.15) is 12.4 Å². The Morgan fingerprint density at radius 3 is 2.12 bits per heavy atom. The molecule has 0 N–H and O–H groups in total. The van der Waals surface area contributed by atoms with E-state index in [1.54, 1.807) is 0 Å². The number of carbonyl (C=O) groups is 1. The van der Waals surface area contributed by atoms with Gasteiger partial charge in [0, 0.05) is 5.56 Å². The Morgan fingerprint density at radius 1 is 0.750 bits per heavy atom. The van der Waals surface area contributed by atoms with Crippen LogP contribution in [0.1, 0.15) is 5.56 Å². The van der Waals surface area contributed by atoms with E-state index in [0.29, 0.717) is 5.75 Å². The van der Waals surface area contributed by atoms with Crippen LogP contribution in [0.2, 0.25) is 0 Å². The fourth-order valence-corrected chi connectivity index (χ4v) is 2.37. The number of esters is 1. The first-order valence-corrected chi connectivity index (χ1v) is 7.80. The van der Waals surface area contributed by atoms with Crippen molar-refractivity contribution < 1.29 is 14.3 Å². The molecular formula is C21H18O3. The molecule has 0 saturated carbocycles. The molecule has 0 aromatic heterocycles. The molecule has 0 radical (unpaired) electrons. The van der Waals surface area contributed by atoms with Gasteiger partial charge in [0.2, 0.25) is 0 Å². The Hall–Kier alpha value is -3.07. The van der Waals surface area contributed by atoms with E-state index in [4.69, 9.17) is 9.47 Å². The molecule has 0 fully saturated rings. The van der Waals surface area contributed by atoms with Crippen molar-refractivity contribution in [2.45, 2.75) is 6.61 Å². The molecule has 3 nitrogen and oxygen atoms in total. The topological polar surface area (TPSA) is 35.5 Å². The minimum Gasteiger partial charge on any atom is -0.481 e. The molecule has 0 aliphatic heterocycles. The van der Waals surface area contributed by atoms with Crippen molar-refractivity contribution in [3.8, 4) is 16.9 Å². The van der Waals surface area contributed by atoms with Crippen molar-refractivity contribution in [2.24, 2.45) is 0 Å². The average Bonchev–Trinajstić information content (AvgIpc) is 2.66. The number of ether oxygens (including phenoxy) is 2. The SMILES string of the molecule is O=C(COc1ccccc1-c1ccccc1)OCc1ccccc1. The lowest BCUT2D eigenvalue weighted by Gasteiger charge is -2.11. The van der Waals surface area contributed by atoms with E-state index in [9.17, 15) is 4.79 Å². The zero-order chi connectivity index (χ0) is 16.6. The van der Waals surface area contributed by atoms with Crippen molar-refractivity contribution in [2.75, 3.05) is 6.61 Å². The maximum atomic E-state index is 11.9. The summed E-state index contributed by atoms with van der Waals surface area (Å²) in [5.74, 6) is 0.280. The summed E-state index contributed by atoms with van der Waals surface area (Å²) in [6.45, 7) is 0.139. The average molecular weight is 318 g/mol. The summed E-state index contributed by atoms with van der Waals surface area (Å²) in [4.78, 5) is 11.9. The van der Waals surface area contributed by atoms with Gasteiger partial charge in [-0.05, 0) is 17.2 Å². The Balaban J connectivity index is 1.60. The number of hydrogen-bond donors (Lipinski definition) is 0. The molecular weight excluding hydrogens is 300 g/mol. The summed E-state index contributed by atoms with van der Waals surface area (Å²) in [5.41, 5.74) is 2.95. The first-order valence-electron chi connectivity index (χ1n) is 7.80. The quantitative estimate of drug-likeness (QED) is 0.629. The number of para-hydroxylation sites is 1.